The lowest BCUT2D eigenvalue weighted by Crippen LogP contribution is -2.47. The van der Waals surface area contributed by atoms with Gasteiger partial charge in [0, 0.05) is 24.5 Å². The van der Waals surface area contributed by atoms with Crippen LogP contribution in [0.15, 0.2) is 55.5 Å². The Morgan fingerprint density at radius 3 is 2.70 bits per heavy atom. The summed E-state index contributed by atoms with van der Waals surface area (Å²) in [7, 11) is 0. The van der Waals surface area contributed by atoms with E-state index in [4.69, 9.17) is 11.1 Å². The van der Waals surface area contributed by atoms with E-state index in [0.717, 1.165) is 0 Å². The lowest BCUT2D eigenvalue weighted by atomic mass is 10.0. The smallest absolute Gasteiger partial charge is 0.270 e. The highest BCUT2D eigenvalue weighted by Gasteiger charge is 2.24. The predicted octanol–water partition coefficient (Wildman–Crippen LogP) is -0.0965. The molecule has 0 bridgehead atoms. The molecule has 0 aliphatic carbocycles. The van der Waals surface area contributed by atoms with Crippen LogP contribution in [0.5, 0.6) is 0 Å². The van der Waals surface area contributed by atoms with Gasteiger partial charge in [0.05, 0.1) is 12.2 Å². The van der Waals surface area contributed by atoms with Crippen LogP contribution in [0.3, 0.4) is 0 Å². The Kier molecular flexibility index (Phi) is 5.26. The zero-order valence-electron chi connectivity index (χ0n) is 14.1. The number of imidazole rings is 1. The number of rotatable bonds is 7. The first kappa shape index (κ1) is 17.9. The summed E-state index contributed by atoms with van der Waals surface area (Å²) in [4.78, 5) is 40.3. The molecule has 0 aliphatic heterocycles. The van der Waals surface area contributed by atoms with Crippen molar-refractivity contribution in [3.63, 3.8) is 0 Å². The third-order valence-electron chi connectivity index (χ3n) is 3.74. The summed E-state index contributed by atoms with van der Waals surface area (Å²) >= 11 is 0. The molecule has 0 saturated carbocycles. The summed E-state index contributed by atoms with van der Waals surface area (Å²) < 4.78 is 1.50. The maximum atomic E-state index is 12.7. The van der Waals surface area contributed by atoms with Crippen molar-refractivity contribution in [3.05, 3.63) is 66.9 Å². The zero-order valence-corrected chi connectivity index (χ0v) is 14.1. The van der Waals surface area contributed by atoms with E-state index in [1.54, 1.807) is 30.5 Å². The van der Waals surface area contributed by atoms with Crippen molar-refractivity contribution in [2.24, 2.45) is 5.73 Å². The third kappa shape index (κ3) is 4.18. The molecule has 3 rings (SSSR count). The van der Waals surface area contributed by atoms with Crippen molar-refractivity contribution in [2.75, 3.05) is 0 Å². The van der Waals surface area contributed by atoms with Crippen LogP contribution in [0, 0.1) is 5.41 Å². The van der Waals surface area contributed by atoms with Gasteiger partial charge in [0.25, 0.3) is 11.8 Å². The van der Waals surface area contributed by atoms with Gasteiger partial charge in [-0.15, -0.1) is 0 Å². The van der Waals surface area contributed by atoms with Gasteiger partial charge >= 0.3 is 0 Å². The van der Waals surface area contributed by atoms with E-state index in [1.807, 2.05) is 0 Å². The first-order valence-electron chi connectivity index (χ1n) is 7.94. The molecule has 2 amide bonds. The second-order valence-corrected chi connectivity index (χ2v) is 5.55. The number of amides is 2. The fourth-order valence-electron chi connectivity index (χ4n) is 2.42. The average Bonchev–Trinajstić information content (AvgIpc) is 3.18. The number of hydrogen-bond acceptors (Lipinski definition) is 7. The van der Waals surface area contributed by atoms with Crippen LogP contribution in [-0.4, -0.2) is 48.1 Å². The van der Waals surface area contributed by atoms with Crippen LogP contribution in [-0.2, 0) is 11.2 Å². The molecule has 0 fully saturated rings. The van der Waals surface area contributed by atoms with Gasteiger partial charge in [-0.2, -0.15) is 0 Å². The van der Waals surface area contributed by atoms with E-state index in [0.29, 0.717) is 11.5 Å². The molecule has 1 unspecified atom stereocenters. The molecule has 0 spiro atoms. The highest BCUT2D eigenvalue weighted by molar-refractivity contribution is 6.39. The Balaban J connectivity index is 1.84. The molecule has 10 heteroatoms. The highest BCUT2D eigenvalue weighted by Crippen LogP contribution is 2.09. The monoisotopic (exact) mass is 364 g/mol. The fraction of sp³-hybridized carbons (Fsp3) is 0.118. The zero-order chi connectivity index (χ0) is 19.2. The van der Waals surface area contributed by atoms with Crippen LogP contribution in [0.2, 0.25) is 0 Å². The van der Waals surface area contributed by atoms with E-state index < -0.39 is 23.6 Å². The molecule has 136 valence electrons. The van der Waals surface area contributed by atoms with Crippen LogP contribution in [0.1, 0.15) is 16.2 Å². The van der Waals surface area contributed by atoms with Gasteiger partial charge in [-0.25, -0.2) is 19.9 Å². The van der Waals surface area contributed by atoms with Crippen molar-refractivity contribution in [1.82, 2.24) is 29.8 Å². The summed E-state index contributed by atoms with van der Waals surface area (Å²) in [6.07, 6.45) is 7.42. The van der Waals surface area contributed by atoms with Gasteiger partial charge in [-0.05, 0) is 18.2 Å². The Morgan fingerprint density at radius 2 is 2.04 bits per heavy atom. The number of primary amides is 1. The molecule has 0 radical (unpaired) electrons. The van der Waals surface area contributed by atoms with Crippen molar-refractivity contribution >= 4 is 17.5 Å². The average molecular weight is 364 g/mol. The van der Waals surface area contributed by atoms with Crippen molar-refractivity contribution in [3.8, 4) is 5.82 Å². The molecule has 27 heavy (non-hydrogen) atoms. The Labute approximate surface area is 154 Å². The quantitative estimate of drug-likeness (QED) is 0.498. The normalized spacial score (nSPS) is 11.6. The summed E-state index contributed by atoms with van der Waals surface area (Å²) in [5.41, 5.74) is 5.57. The predicted molar refractivity (Wildman–Crippen MR) is 95.3 cm³/mol. The SMILES string of the molecule is N=C(C(N)=O)C(Cc1ccncn1)NC(=O)c1cncn1-c1ccccn1. The van der Waals surface area contributed by atoms with Crippen LogP contribution in [0.4, 0.5) is 0 Å². The molecular formula is C17H16N8O2. The lowest BCUT2D eigenvalue weighted by molar-refractivity contribution is -0.112. The molecular weight excluding hydrogens is 348 g/mol. The van der Waals surface area contributed by atoms with Gasteiger partial charge in [0.2, 0.25) is 0 Å². The van der Waals surface area contributed by atoms with Crippen molar-refractivity contribution in [1.29, 1.82) is 5.41 Å². The lowest BCUT2D eigenvalue weighted by Gasteiger charge is -2.18. The number of nitrogens with two attached hydrogens (primary N) is 1. The second kappa shape index (κ2) is 7.95. The molecule has 0 aromatic carbocycles. The van der Waals surface area contributed by atoms with Gasteiger partial charge in [0.15, 0.2) is 0 Å². The Hall–Kier alpha value is -3.95. The molecule has 3 aromatic heterocycles. The number of nitrogens with one attached hydrogen (secondary N) is 2. The van der Waals surface area contributed by atoms with Gasteiger partial charge in [-0.1, -0.05) is 6.07 Å². The minimum atomic E-state index is -0.947. The highest BCUT2D eigenvalue weighted by atomic mass is 16.2. The molecule has 4 N–H and O–H groups in total. The van der Waals surface area contributed by atoms with E-state index in [-0.39, 0.29) is 12.1 Å². The van der Waals surface area contributed by atoms with Crippen LogP contribution in [0.25, 0.3) is 5.82 Å². The molecule has 1 atom stereocenters. The summed E-state index contributed by atoms with van der Waals surface area (Å²) in [6, 6.07) is 5.95. The van der Waals surface area contributed by atoms with Gasteiger partial charge < -0.3 is 11.1 Å². The van der Waals surface area contributed by atoms with E-state index in [1.165, 1.54) is 29.6 Å². The maximum absolute atomic E-state index is 12.7. The van der Waals surface area contributed by atoms with E-state index in [9.17, 15) is 9.59 Å². The number of carbonyl (C=O) groups is 2. The first-order chi connectivity index (χ1) is 13.1. The molecule has 3 heterocycles. The maximum Gasteiger partial charge on any atom is 0.270 e. The first-order valence-corrected chi connectivity index (χ1v) is 7.94. The van der Waals surface area contributed by atoms with Crippen LogP contribution >= 0.6 is 0 Å². The molecule has 0 aliphatic rings. The van der Waals surface area contributed by atoms with E-state index >= 15 is 0 Å². The van der Waals surface area contributed by atoms with Crippen molar-refractivity contribution < 1.29 is 9.59 Å². The summed E-state index contributed by atoms with van der Waals surface area (Å²) in [5.74, 6) is -0.937. The third-order valence-corrected chi connectivity index (χ3v) is 3.74. The minimum absolute atomic E-state index is 0.119. The van der Waals surface area contributed by atoms with Gasteiger partial charge in [0.1, 0.15) is 29.9 Å². The number of pyridine rings is 1. The Morgan fingerprint density at radius 1 is 1.19 bits per heavy atom. The topological polar surface area (TPSA) is 153 Å². The summed E-state index contributed by atoms with van der Waals surface area (Å²) in [5, 5.41) is 10.6. The standard InChI is InChI=1S/C17H16N8O2/c18-15(16(19)26)12(7-11-4-6-20-9-23-11)24-17(27)13-8-21-10-25(13)14-3-1-2-5-22-14/h1-6,8-10,12,18H,7H2,(H2,19,26)(H,24,27). The van der Waals surface area contributed by atoms with E-state index in [2.05, 4.69) is 25.3 Å². The number of aromatic nitrogens is 5. The summed E-state index contributed by atoms with van der Waals surface area (Å²) in [6.45, 7) is 0. The second-order valence-electron chi connectivity index (χ2n) is 5.55. The van der Waals surface area contributed by atoms with Gasteiger partial charge in [-0.3, -0.25) is 19.6 Å². The molecule has 0 saturated heterocycles. The minimum Gasteiger partial charge on any atom is -0.364 e. The largest absolute Gasteiger partial charge is 0.364 e. The molecule has 10 nitrogen and oxygen atoms in total. The van der Waals surface area contributed by atoms with Crippen molar-refractivity contribution in [2.45, 2.75) is 12.5 Å². The number of nitrogens with zero attached hydrogens (tertiary/aromatic N) is 5. The number of carbonyl (C=O) groups excluding carboxylic acids is 2. The molecule has 3 aromatic rings. The van der Waals surface area contributed by atoms with Crippen LogP contribution < -0.4 is 11.1 Å². The number of hydrogen-bond donors (Lipinski definition) is 3. The fourth-order valence-corrected chi connectivity index (χ4v) is 2.42. The Bertz CT molecular complexity index is 955.